The number of ether oxygens (including phenoxy) is 2. The molecule has 176 valence electrons. The quantitative estimate of drug-likeness (QED) is 0.183. The molecule has 1 N–H and O–H groups in total. The highest BCUT2D eigenvalue weighted by Crippen LogP contribution is 2.26. The third kappa shape index (κ3) is 5.88. The molecule has 0 amide bonds. The number of rotatable bonds is 12. The molecule has 9 nitrogen and oxygen atoms in total. The van der Waals surface area contributed by atoms with E-state index in [0.29, 0.717) is 47.4 Å². The Morgan fingerprint density at radius 3 is 2.58 bits per heavy atom. The number of pyridine rings is 1. The second-order valence-electron chi connectivity index (χ2n) is 7.30. The molecule has 0 saturated carbocycles. The summed E-state index contributed by atoms with van der Waals surface area (Å²) in [7, 11) is 0. The molecule has 10 heteroatoms. The van der Waals surface area contributed by atoms with Gasteiger partial charge in [-0.3, -0.25) is 9.78 Å². The molecule has 0 aromatic carbocycles. The van der Waals surface area contributed by atoms with Crippen LogP contribution in [0.5, 0.6) is 0 Å². The number of carbonyl (C=O) groups excluding carboxylic acids is 2. The van der Waals surface area contributed by atoms with Crippen LogP contribution in [0.25, 0.3) is 11.4 Å². The molecule has 0 spiro atoms. The number of hydrogen-bond donors (Lipinski definition) is 1. The van der Waals surface area contributed by atoms with E-state index in [1.54, 1.807) is 33.2 Å². The van der Waals surface area contributed by atoms with Crippen LogP contribution in [0.15, 0.2) is 29.7 Å². The molecule has 0 fully saturated rings. The zero-order valence-electron chi connectivity index (χ0n) is 19.4. The van der Waals surface area contributed by atoms with Crippen LogP contribution in [0.3, 0.4) is 0 Å². The monoisotopic (exact) mass is 471 g/mol. The Bertz CT molecular complexity index is 1090. The van der Waals surface area contributed by atoms with Gasteiger partial charge in [-0.25, -0.2) is 4.79 Å². The van der Waals surface area contributed by atoms with Gasteiger partial charge in [0.05, 0.1) is 23.6 Å². The zero-order chi connectivity index (χ0) is 23.8. The molecule has 0 aliphatic rings. The molecule has 0 saturated heterocycles. The van der Waals surface area contributed by atoms with Crippen molar-refractivity contribution in [1.29, 1.82) is 0 Å². The van der Waals surface area contributed by atoms with Gasteiger partial charge < -0.3 is 19.0 Å². The van der Waals surface area contributed by atoms with Crippen molar-refractivity contribution in [2.75, 3.05) is 25.6 Å². The lowest BCUT2D eigenvalue weighted by Crippen LogP contribution is -2.10. The number of Topliss-reactive ketones (excluding diaryl/α,β-unsaturated/α-hetero) is 1. The largest absolute Gasteiger partial charge is 0.462 e. The number of aryl methyl sites for hydroxylation is 1. The Kier molecular flexibility index (Phi) is 8.79. The minimum Gasteiger partial charge on any atom is -0.462 e. The number of nitrogens with zero attached hydrogens (tertiary/aromatic N) is 4. The molecule has 3 aromatic rings. The maximum Gasteiger partial charge on any atom is 0.340 e. The topological polar surface area (TPSA) is 112 Å². The van der Waals surface area contributed by atoms with E-state index in [9.17, 15) is 9.59 Å². The van der Waals surface area contributed by atoms with Crippen molar-refractivity contribution in [2.24, 2.45) is 0 Å². The second-order valence-corrected chi connectivity index (χ2v) is 8.24. The molecule has 0 bridgehead atoms. The van der Waals surface area contributed by atoms with E-state index in [1.165, 1.54) is 11.8 Å². The Labute approximate surface area is 197 Å². The van der Waals surface area contributed by atoms with Crippen LogP contribution >= 0.6 is 11.8 Å². The number of aromatic nitrogens is 5. The highest BCUT2D eigenvalue weighted by molar-refractivity contribution is 7.99. The van der Waals surface area contributed by atoms with Crippen LogP contribution < -0.4 is 0 Å². The molecule has 3 heterocycles. The standard InChI is InChI=1S/C23H29N5O4S/c1-5-31-13-7-12-28-21(17-8-10-24-11-9-17)26-27-23(28)33-14-18(29)20-15(3)19(16(4)25-20)22(30)32-6-2/h8-11,25H,5-7,12-14H2,1-4H3. The molecule has 33 heavy (non-hydrogen) atoms. The highest BCUT2D eigenvalue weighted by atomic mass is 32.2. The highest BCUT2D eigenvalue weighted by Gasteiger charge is 2.23. The zero-order valence-corrected chi connectivity index (χ0v) is 20.2. The average Bonchev–Trinajstić information content (AvgIpc) is 3.35. The number of hydrogen-bond acceptors (Lipinski definition) is 8. The number of H-pyrrole nitrogens is 1. The maximum atomic E-state index is 13.0. The number of thioether (sulfide) groups is 1. The third-order valence-corrected chi connectivity index (χ3v) is 6.02. The summed E-state index contributed by atoms with van der Waals surface area (Å²) in [4.78, 5) is 32.3. The average molecular weight is 472 g/mol. The van der Waals surface area contributed by atoms with Crippen molar-refractivity contribution in [2.45, 2.75) is 45.8 Å². The third-order valence-electron chi connectivity index (χ3n) is 5.06. The summed E-state index contributed by atoms with van der Waals surface area (Å²) in [6.07, 6.45) is 4.22. The van der Waals surface area contributed by atoms with Crippen molar-refractivity contribution in [3.8, 4) is 11.4 Å². The first-order valence-corrected chi connectivity index (χ1v) is 11.9. The van der Waals surface area contributed by atoms with E-state index in [4.69, 9.17) is 9.47 Å². The van der Waals surface area contributed by atoms with Gasteiger partial charge in [0.1, 0.15) is 0 Å². The summed E-state index contributed by atoms with van der Waals surface area (Å²) >= 11 is 1.32. The molecular weight excluding hydrogens is 442 g/mol. The van der Waals surface area contributed by atoms with Crippen LogP contribution in [-0.2, 0) is 16.0 Å². The number of esters is 1. The molecule has 3 rings (SSSR count). The summed E-state index contributed by atoms with van der Waals surface area (Å²) in [5.41, 5.74) is 2.97. The lowest BCUT2D eigenvalue weighted by atomic mass is 10.1. The Hall–Kier alpha value is -2.98. The summed E-state index contributed by atoms with van der Waals surface area (Å²) in [5, 5.41) is 9.34. The fourth-order valence-electron chi connectivity index (χ4n) is 3.52. The Morgan fingerprint density at radius 1 is 1.12 bits per heavy atom. The molecule has 3 aromatic heterocycles. The van der Waals surface area contributed by atoms with E-state index in [-0.39, 0.29) is 18.1 Å². The van der Waals surface area contributed by atoms with Crippen LogP contribution in [0.2, 0.25) is 0 Å². The van der Waals surface area contributed by atoms with Crippen molar-refractivity contribution in [1.82, 2.24) is 24.7 Å². The fourth-order valence-corrected chi connectivity index (χ4v) is 4.36. The molecule has 0 unspecified atom stereocenters. The predicted molar refractivity (Wildman–Crippen MR) is 126 cm³/mol. The first-order chi connectivity index (χ1) is 16.0. The number of carbonyl (C=O) groups is 2. The second kappa shape index (κ2) is 11.8. The summed E-state index contributed by atoms with van der Waals surface area (Å²) in [6, 6.07) is 3.76. The minimum atomic E-state index is -0.425. The van der Waals surface area contributed by atoms with Crippen molar-refractivity contribution >= 4 is 23.5 Å². The Balaban J connectivity index is 1.78. The van der Waals surface area contributed by atoms with E-state index >= 15 is 0 Å². The van der Waals surface area contributed by atoms with Gasteiger partial charge in [0.25, 0.3) is 0 Å². The first-order valence-electron chi connectivity index (χ1n) is 10.9. The molecule has 0 atom stereocenters. The fraction of sp³-hybridized carbons (Fsp3) is 0.435. The molecule has 0 aliphatic heterocycles. The van der Waals surface area contributed by atoms with Gasteiger partial charge in [0.2, 0.25) is 0 Å². The van der Waals surface area contributed by atoms with Crippen molar-refractivity contribution < 1.29 is 19.1 Å². The van der Waals surface area contributed by atoms with Crippen molar-refractivity contribution in [3.63, 3.8) is 0 Å². The lowest BCUT2D eigenvalue weighted by molar-refractivity contribution is 0.0525. The SMILES string of the molecule is CCOCCCn1c(SCC(=O)c2[nH]c(C)c(C(=O)OCC)c2C)nnc1-c1ccncc1. The van der Waals surface area contributed by atoms with Gasteiger partial charge in [-0.15, -0.1) is 10.2 Å². The van der Waals surface area contributed by atoms with Gasteiger partial charge in [-0.05, 0) is 51.8 Å². The maximum absolute atomic E-state index is 13.0. The van der Waals surface area contributed by atoms with Crippen molar-refractivity contribution in [3.05, 3.63) is 47.0 Å². The molecular formula is C23H29N5O4S. The number of nitrogens with one attached hydrogen (secondary N) is 1. The normalized spacial score (nSPS) is 11.0. The Morgan fingerprint density at radius 2 is 1.88 bits per heavy atom. The van der Waals surface area contributed by atoms with Crippen LogP contribution in [0, 0.1) is 13.8 Å². The first kappa shape index (κ1) is 24.7. The predicted octanol–water partition coefficient (Wildman–Crippen LogP) is 3.86. The van der Waals surface area contributed by atoms with E-state index in [1.807, 2.05) is 23.6 Å². The van der Waals surface area contributed by atoms with Gasteiger partial charge in [-0.1, -0.05) is 11.8 Å². The van der Waals surface area contributed by atoms with E-state index < -0.39 is 5.97 Å². The number of ketones is 1. The van der Waals surface area contributed by atoms with Crippen LogP contribution in [-0.4, -0.2) is 62.1 Å². The smallest absolute Gasteiger partial charge is 0.340 e. The minimum absolute atomic E-state index is 0.120. The number of aromatic amines is 1. The molecule has 0 aliphatic carbocycles. The molecule has 0 radical (unpaired) electrons. The van der Waals surface area contributed by atoms with E-state index in [0.717, 1.165) is 17.8 Å². The van der Waals surface area contributed by atoms with E-state index in [2.05, 4.69) is 20.2 Å². The summed E-state index contributed by atoms with van der Waals surface area (Å²) in [6.45, 7) is 9.47. The summed E-state index contributed by atoms with van der Waals surface area (Å²) < 4.78 is 12.6. The summed E-state index contributed by atoms with van der Waals surface area (Å²) in [5.74, 6) is 0.334. The lowest BCUT2D eigenvalue weighted by Gasteiger charge is -2.10. The van der Waals surface area contributed by atoms with Crippen LogP contribution in [0.1, 0.15) is 52.4 Å². The van der Waals surface area contributed by atoms with Gasteiger partial charge in [0.15, 0.2) is 16.8 Å². The van der Waals surface area contributed by atoms with Crippen LogP contribution in [0.4, 0.5) is 0 Å². The van der Waals surface area contributed by atoms with Gasteiger partial charge in [-0.2, -0.15) is 0 Å². The van der Waals surface area contributed by atoms with Gasteiger partial charge >= 0.3 is 5.97 Å². The van der Waals surface area contributed by atoms with Gasteiger partial charge in [0, 0.05) is 43.4 Å².